The maximum atomic E-state index is 13.2. The predicted octanol–water partition coefficient (Wildman–Crippen LogP) is 4.22. The van der Waals surface area contributed by atoms with Gasteiger partial charge in [-0.1, -0.05) is 60.7 Å². The van der Waals surface area contributed by atoms with E-state index < -0.39 is 0 Å². The first-order chi connectivity index (χ1) is 18.1. The lowest BCUT2D eigenvalue weighted by molar-refractivity contribution is -0.0300. The van der Waals surface area contributed by atoms with Gasteiger partial charge < -0.3 is 15.4 Å². The van der Waals surface area contributed by atoms with Gasteiger partial charge in [-0.05, 0) is 42.3 Å². The quantitative estimate of drug-likeness (QED) is 0.363. The number of hydrogen-bond donors (Lipinski definition) is 2. The van der Waals surface area contributed by atoms with E-state index in [0.29, 0.717) is 5.69 Å². The van der Waals surface area contributed by atoms with Gasteiger partial charge in [0, 0.05) is 45.5 Å². The third kappa shape index (κ3) is 6.02. The lowest BCUT2D eigenvalue weighted by Crippen LogP contribution is -2.46. The van der Waals surface area contributed by atoms with Gasteiger partial charge in [-0.2, -0.15) is 0 Å². The second-order valence-corrected chi connectivity index (χ2v) is 9.60. The van der Waals surface area contributed by atoms with Crippen LogP contribution in [-0.4, -0.2) is 46.6 Å². The molecule has 0 spiro atoms. The summed E-state index contributed by atoms with van der Waals surface area (Å²) in [4.78, 5) is 15.6. The van der Waals surface area contributed by atoms with Gasteiger partial charge in [0.25, 0.3) is 5.56 Å². The summed E-state index contributed by atoms with van der Waals surface area (Å²) in [5.41, 5.74) is 5.67. The van der Waals surface area contributed by atoms with Crippen molar-refractivity contribution in [3.05, 3.63) is 112 Å². The zero-order valence-corrected chi connectivity index (χ0v) is 21.6. The molecule has 37 heavy (non-hydrogen) atoms. The van der Waals surface area contributed by atoms with E-state index in [1.54, 1.807) is 4.68 Å². The van der Waals surface area contributed by atoms with Crippen LogP contribution in [0.15, 0.2) is 89.7 Å². The van der Waals surface area contributed by atoms with E-state index in [0.717, 1.165) is 56.4 Å². The Morgan fingerprint density at radius 3 is 2.35 bits per heavy atom. The van der Waals surface area contributed by atoms with Crippen LogP contribution in [0.4, 0.5) is 11.4 Å². The first-order valence-electron chi connectivity index (χ1n) is 12.9. The number of nitrogens with zero attached hydrogens (tertiary/aromatic N) is 3. The van der Waals surface area contributed by atoms with Crippen LogP contribution >= 0.6 is 0 Å². The second-order valence-electron chi connectivity index (χ2n) is 9.60. The number of nitrogens with one attached hydrogen (secondary N) is 2. The number of ether oxygens (including phenoxy) is 1. The highest BCUT2D eigenvalue weighted by Gasteiger charge is 2.20. The van der Waals surface area contributed by atoms with Crippen molar-refractivity contribution in [1.82, 2.24) is 19.6 Å². The van der Waals surface area contributed by atoms with Gasteiger partial charge >= 0.3 is 0 Å². The molecule has 0 saturated carbocycles. The van der Waals surface area contributed by atoms with Gasteiger partial charge in [0.15, 0.2) is 0 Å². The van der Waals surface area contributed by atoms with E-state index in [1.165, 1.54) is 11.1 Å². The highest BCUT2D eigenvalue weighted by atomic mass is 16.5. The Labute approximate surface area is 218 Å². The highest BCUT2D eigenvalue weighted by Crippen LogP contribution is 2.20. The van der Waals surface area contributed by atoms with E-state index in [2.05, 4.69) is 58.0 Å². The second kappa shape index (κ2) is 11.6. The lowest BCUT2D eigenvalue weighted by atomic mass is 10.1. The molecule has 5 rings (SSSR count). The first kappa shape index (κ1) is 25.0. The first-order valence-corrected chi connectivity index (χ1v) is 12.9. The standard InChI is InChI=1S/C30H35N5O2/c1-23-29(30(36)35(33(23)2)27-11-7-4-8-12-27)32-26-15-13-24(14-16-26)19-31-20-28-22-34(17-18-37-28)21-25-9-5-3-6-10-25/h3-16,28,31-32H,17-22H2,1-2H3/t28-/m1/s1. The summed E-state index contributed by atoms with van der Waals surface area (Å²) >= 11 is 0. The molecule has 3 aromatic carbocycles. The number of rotatable bonds is 9. The van der Waals surface area contributed by atoms with Crippen molar-refractivity contribution in [1.29, 1.82) is 0 Å². The molecule has 1 aliphatic rings. The third-order valence-corrected chi connectivity index (χ3v) is 6.95. The van der Waals surface area contributed by atoms with Gasteiger partial charge in [0.05, 0.1) is 24.1 Å². The fraction of sp³-hybridized carbons (Fsp3) is 0.300. The monoisotopic (exact) mass is 497 g/mol. The number of para-hydroxylation sites is 1. The molecule has 1 aliphatic heterocycles. The van der Waals surface area contributed by atoms with Crippen molar-refractivity contribution >= 4 is 11.4 Å². The van der Waals surface area contributed by atoms with Crippen LogP contribution in [0.1, 0.15) is 16.8 Å². The molecule has 1 aromatic heterocycles. The summed E-state index contributed by atoms with van der Waals surface area (Å²) < 4.78 is 9.55. The summed E-state index contributed by atoms with van der Waals surface area (Å²) in [6.45, 7) is 7.17. The van der Waals surface area contributed by atoms with Crippen molar-refractivity contribution in [3.63, 3.8) is 0 Å². The summed E-state index contributed by atoms with van der Waals surface area (Å²) in [5, 5.41) is 6.87. The van der Waals surface area contributed by atoms with E-state index in [9.17, 15) is 4.79 Å². The van der Waals surface area contributed by atoms with E-state index in [1.807, 2.05) is 61.1 Å². The molecule has 0 radical (unpaired) electrons. The molecular weight excluding hydrogens is 462 g/mol. The van der Waals surface area contributed by atoms with Gasteiger partial charge in [-0.15, -0.1) is 0 Å². The van der Waals surface area contributed by atoms with Gasteiger partial charge in [0.1, 0.15) is 5.69 Å². The third-order valence-electron chi connectivity index (χ3n) is 6.95. The SMILES string of the molecule is Cc1c(Nc2ccc(CNC[C@@H]3CN(Cc4ccccc4)CCO3)cc2)c(=O)n(-c2ccccc2)n1C. The summed E-state index contributed by atoms with van der Waals surface area (Å²) in [6.07, 6.45) is 0.186. The number of hydrogen-bond acceptors (Lipinski definition) is 5. The number of benzene rings is 3. The minimum Gasteiger partial charge on any atom is -0.374 e. The smallest absolute Gasteiger partial charge is 0.295 e. The molecule has 2 heterocycles. The number of morpholine rings is 1. The molecular formula is C30H35N5O2. The van der Waals surface area contributed by atoms with E-state index in [4.69, 9.17) is 4.74 Å². The molecule has 7 heteroatoms. The van der Waals surface area contributed by atoms with Crippen LogP contribution in [0.2, 0.25) is 0 Å². The maximum Gasteiger partial charge on any atom is 0.295 e. The molecule has 7 nitrogen and oxygen atoms in total. The van der Waals surface area contributed by atoms with Crippen LogP contribution in [-0.2, 0) is 24.9 Å². The Morgan fingerprint density at radius 2 is 1.62 bits per heavy atom. The molecule has 1 saturated heterocycles. The lowest BCUT2D eigenvalue weighted by Gasteiger charge is -2.33. The van der Waals surface area contributed by atoms with Crippen LogP contribution < -0.4 is 16.2 Å². The average Bonchev–Trinajstić information content (AvgIpc) is 3.14. The largest absolute Gasteiger partial charge is 0.374 e. The topological polar surface area (TPSA) is 63.5 Å². The minimum atomic E-state index is -0.0641. The molecule has 192 valence electrons. The maximum absolute atomic E-state index is 13.2. The highest BCUT2D eigenvalue weighted by molar-refractivity contribution is 5.62. The van der Waals surface area contributed by atoms with Crippen molar-refractivity contribution in [3.8, 4) is 5.69 Å². The fourth-order valence-corrected chi connectivity index (χ4v) is 4.83. The molecule has 0 unspecified atom stereocenters. The van der Waals surface area contributed by atoms with E-state index in [-0.39, 0.29) is 11.7 Å². The van der Waals surface area contributed by atoms with Crippen molar-refractivity contribution < 1.29 is 4.74 Å². The molecule has 1 atom stereocenters. The minimum absolute atomic E-state index is 0.0641. The van der Waals surface area contributed by atoms with Crippen molar-refractivity contribution in [2.45, 2.75) is 26.1 Å². The molecule has 1 fully saturated rings. The van der Waals surface area contributed by atoms with Crippen LogP contribution in [0, 0.1) is 6.92 Å². The Kier molecular flexibility index (Phi) is 7.84. The van der Waals surface area contributed by atoms with Gasteiger partial charge in [-0.25, -0.2) is 4.68 Å². The fourth-order valence-electron chi connectivity index (χ4n) is 4.83. The van der Waals surface area contributed by atoms with Crippen molar-refractivity contribution in [2.24, 2.45) is 7.05 Å². The summed E-state index contributed by atoms with van der Waals surface area (Å²) in [7, 11) is 1.90. The number of anilines is 2. The molecule has 0 amide bonds. The zero-order chi connectivity index (χ0) is 25.6. The van der Waals surface area contributed by atoms with Crippen LogP contribution in [0.25, 0.3) is 5.69 Å². The Balaban J connectivity index is 1.14. The Bertz CT molecular complexity index is 1350. The Morgan fingerprint density at radius 1 is 0.919 bits per heavy atom. The van der Waals surface area contributed by atoms with Gasteiger partial charge in [-0.3, -0.25) is 14.4 Å². The summed E-state index contributed by atoms with van der Waals surface area (Å²) in [5.74, 6) is 0. The summed E-state index contributed by atoms with van der Waals surface area (Å²) in [6, 6.07) is 28.5. The van der Waals surface area contributed by atoms with Crippen LogP contribution in [0.5, 0.6) is 0 Å². The molecule has 4 aromatic rings. The zero-order valence-electron chi connectivity index (χ0n) is 21.6. The normalized spacial score (nSPS) is 16.1. The molecule has 2 N–H and O–H groups in total. The average molecular weight is 498 g/mol. The Hall–Kier alpha value is -3.65. The van der Waals surface area contributed by atoms with Crippen LogP contribution in [0.3, 0.4) is 0 Å². The van der Waals surface area contributed by atoms with Crippen molar-refractivity contribution in [2.75, 3.05) is 31.6 Å². The van der Waals surface area contributed by atoms with Gasteiger partial charge in [0.2, 0.25) is 0 Å². The predicted molar refractivity (Wildman–Crippen MR) is 149 cm³/mol. The molecule has 0 bridgehead atoms. The van der Waals surface area contributed by atoms with E-state index >= 15 is 0 Å². The molecule has 0 aliphatic carbocycles. The number of aromatic nitrogens is 2.